The first kappa shape index (κ1) is 194. The van der Waals surface area contributed by atoms with Crippen molar-refractivity contribution in [3.8, 4) is 0 Å². The molecule has 56 valence electrons. The topological polar surface area (TPSA) is 189 Å². The second-order valence-electron chi connectivity index (χ2n) is 0. The molecule has 0 unspecified atom stereocenters. The fraction of sp³-hybridized carbons (Fsp3) is 0. The Labute approximate surface area is 104 Å². The summed E-state index contributed by atoms with van der Waals surface area (Å²) >= 11 is 0. The van der Waals surface area contributed by atoms with Crippen LogP contribution in [0.15, 0.2) is 0 Å². The van der Waals surface area contributed by atoms with Gasteiger partial charge in [-0.2, -0.15) is 0 Å². The molecule has 0 aliphatic rings. The number of halogens is 1. The molecule has 0 spiro atoms. The van der Waals surface area contributed by atoms with Gasteiger partial charge in [0, 0.05) is 0 Å². The van der Waals surface area contributed by atoms with Gasteiger partial charge in [0.25, 0.3) is 0 Å². The molecule has 0 aromatic heterocycles. The van der Waals surface area contributed by atoms with E-state index in [4.69, 9.17) is 0 Å². The van der Waals surface area contributed by atoms with Crippen LogP contribution in [-0.4, -0.2) is 81.7 Å². The number of hydrogen-bond donors (Lipinski definition) is 0. The van der Waals surface area contributed by atoms with E-state index in [1.54, 1.807) is 0 Å². The van der Waals surface area contributed by atoms with E-state index in [0.717, 1.165) is 0 Å². The summed E-state index contributed by atoms with van der Waals surface area (Å²) in [6.07, 6.45) is 0. The standard InChI is InChI=1S/Ba.HI.6H2O/h;1H;6*1H2/q+2;;;;;;;/p-1. The molecule has 0 saturated heterocycles. The van der Waals surface area contributed by atoms with Gasteiger partial charge in [-0.25, -0.2) is 0 Å². The van der Waals surface area contributed by atoms with Crippen molar-refractivity contribution < 1.29 is 56.8 Å². The molecule has 12 N–H and O–H groups in total. The molecule has 0 heterocycles. The van der Waals surface area contributed by atoms with E-state index in [-0.39, 0.29) is 106 Å². The van der Waals surface area contributed by atoms with Crippen LogP contribution in [0.1, 0.15) is 0 Å². The molecule has 0 saturated carbocycles. The summed E-state index contributed by atoms with van der Waals surface area (Å²) in [5.41, 5.74) is 0. The second kappa shape index (κ2) is 139. The van der Waals surface area contributed by atoms with Crippen LogP contribution in [0, 0.1) is 0 Å². The van der Waals surface area contributed by atoms with Crippen LogP contribution in [0.3, 0.4) is 0 Å². The zero-order valence-electron chi connectivity index (χ0n) is 4.09. The van der Waals surface area contributed by atoms with Crippen molar-refractivity contribution in [1.29, 1.82) is 0 Å². The minimum absolute atomic E-state index is 0. The van der Waals surface area contributed by atoms with E-state index in [9.17, 15) is 0 Å². The molecule has 0 aliphatic heterocycles. The van der Waals surface area contributed by atoms with Gasteiger partial charge in [0.15, 0.2) is 0 Å². The quantitative estimate of drug-likeness (QED) is 0.288. The Morgan fingerprint density at radius 2 is 0.375 bits per heavy atom. The monoisotopic (exact) mass is 373 g/mol. The maximum absolute atomic E-state index is 0. The van der Waals surface area contributed by atoms with Crippen LogP contribution in [0.5, 0.6) is 0 Å². The first-order valence-electron chi connectivity index (χ1n) is 0. The predicted molar refractivity (Wildman–Crippen MR) is 27.4 cm³/mol. The SMILES string of the molecule is O.O.O.O.O.O.[Ba+2].[I-]. The molecule has 6 nitrogen and oxygen atoms in total. The van der Waals surface area contributed by atoms with E-state index in [1.165, 1.54) is 0 Å². The largest absolute Gasteiger partial charge is 2.00 e. The third kappa shape index (κ3) is 94.6. The summed E-state index contributed by atoms with van der Waals surface area (Å²) in [6, 6.07) is 0. The van der Waals surface area contributed by atoms with E-state index < -0.39 is 0 Å². The summed E-state index contributed by atoms with van der Waals surface area (Å²) in [5.74, 6) is 0. The zero-order valence-corrected chi connectivity index (χ0v) is 10.7. The molecule has 0 radical (unpaired) electrons. The van der Waals surface area contributed by atoms with Gasteiger partial charge < -0.3 is 56.8 Å². The summed E-state index contributed by atoms with van der Waals surface area (Å²) in [7, 11) is 0. The zero-order chi connectivity index (χ0) is 0. The Balaban J connectivity index is 0. The molecular weight excluding hydrogens is 360 g/mol. The van der Waals surface area contributed by atoms with Gasteiger partial charge in [-0.1, -0.05) is 0 Å². The first-order chi connectivity index (χ1) is 0. The minimum Gasteiger partial charge on any atom is -1.00 e. The summed E-state index contributed by atoms with van der Waals surface area (Å²) in [6.45, 7) is 0. The number of rotatable bonds is 0. The Hall–Kier alpha value is 2.06. The van der Waals surface area contributed by atoms with Crippen molar-refractivity contribution in [3.05, 3.63) is 0 Å². The third-order valence-corrected chi connectivity index (χ3v) is 0. The van der Waals surface area contributed by atoms with Gasteiger partial charge in [-0.05, 0) is 0 Å². The molecular formula is H12BaIO6+. The maximum Gasteiger partial charge on any atom is 2.00 e. The molecule has 0 aromatic carbocycles. The van der Waals surface area contributed by atoms with E-state index in [0.29, 0.717) is 0 Å². The van der Waals surface area contributed by atoms with E-state index in [2.05, 4.69) is 0 Å². The predicted octanol–water partition coefficient (Wildman–Crippen LogP) is -8.32. The maximum atomic E-state index is 0. The van der Waals surface area contributed by atoms with Crippen LogP contribution in [0.25, 0.3) is 0 Å². The van der Waals surface area contributed by atoms with Crippen molar-refractivity contribution in [2.75, 3.05) is 0 Å². The van der Waals surface area contributed by atoms with Crippen molar-refractivity contribution in [1.82, 2.24) is 0 Å². The van der Waals surface area contributed by atoms with E-state index in [1.807, 2.05) is 0 Å². The van der Waals surface area contributed by atoms with Gasteiger partial charge in [0.2, 0.25) is 0 Å². The van der Waals surface area contributed by atoms with Gasteiger partial charge in [-0.3, -0.25) is 0 Å². The second-order valence-corrected chi connectivity index (χ2v) is 0. The average molecular weight is 372 g/mol. The van der Waals surface area contributed by atoms with Gasteiger partial charge >= 0.3 is 48.9 Å². The van der Waals surface area contributed by atoms with Gasteiger partial charge in [-0.15, -0.1) is 0 Å². The van der Waals surface area contributed by atoms with Crippen molar-refractivity contribution >= 4 is 48.9 Å². The smallest absolute Gasteiger partial charge is 1.00 e. The minimum atomic E-state index is 0. The average Bonchev–Trinajstić information content (AvgIpc) is 0. The molecule has 0 aliphatic carbocycles. The fourth-order valence-electron chi connectivity index (χ4n) is 0. The van der Waals surface area contributed by atoms with Crippen LogP contribution >= 0.6 is 0 Å². The number of hydrogen-bond acceptors (Lipinski definition) is 0. The van der Waals surface area contributed by atoms with E-state index >= 15 is 0 Å². The van der Waals surface area contributed by atoms with Crippen molar-refractivity contribution in [2.45, 2.75) is 0 Å². The summed E-state index contributed by atoms with van der Waals surface area (Å²) in [4.78, 5) is 0. The fourth-order valence-corrected chi connectivity index (χ4v) is 0. The summed E-state index contributed by atoms with van der Waals surface area (Å²) < 4.78 is 0. The molecule has 0 amide bonds. The Bertz CT molecular complexity index is 8.49. The van der Waals surface area contributed by atoms with Crippen molar-refractivity contribution in [3.63, 3.8) is 0 Å². The molecule has 0 bridgehead atoms. The van der Waals surface area contributed by atoms with Gasteiger partial charge in [0.05, 0.1) is 0 Å². The van der Waals surface area contributed by atoms with Crippen LogP contribution in [0.4, 0.5) is 0 Å². The molecule has 0 atom stereocenters. The Morgan fingerprint density at radius 3 is 0.375 bits per heavy atom. The molecule has 0 aromatic rings. The van der Waals surface area contributed by atoms with Gasteiger partial charge in [0.1, 0.15) is 0 Å². The molecule has 0 fully saturated rings. The summed E-state index contributed by atoms with van der Waals surface area (Å²) in [5, 5.41) is 0. The Morgan fingerprint density at radius 1 is 0.375 bits per heavy atom. The normalized spacial score (nSPS) is 0. The Kier molecular flexibility index (Phi) is 3370. The van der Waals surface area contributed by atoms with Crippen LogP contribution < -0.4 is 24.0 Å². The van der Waals surface area contributed by atoms with Crippen LogP contribution in [-0.2, 0) is 0 Å². The third-order valence-electron chi connectivity index (χ3n) is 0. The molecule has 8 heteroatoms. The van der Waals surface area contributed by atoms with Crippen LogP contribution in [0.2, 0.25) is 0 Å². The van der Waals surface area contributed by atoms with Crippen molar-refractivity contribution in [2.24, 2.45) is 0 Å². The molecule has 0 rings (SSSR count). The first-order valence-corrected chi connectivity index (χ1v) is 0. The molecule has 8 heavy (non-hydrogen) atoms.